The minimum atomic E-state index is -2.81. The fraction of sp³-hybridized carbons (Fsp3) is 0.412. The standard InChI is InChI=1S/C17H22F2N4OS.HI/c1-4-14-9-21-15(25-14)10-22-17(20-2)23(3)11-12-5-7-13(8-6-12)24-16(18)19;/h5-9,16H,4,10-11H2,1-3H3,(H,20,22);1H. The van der Waals surface area contributed by atoms with Crippen molar-refractivity contribution in [2.75, 3.05) is 14.1 Å². The van der Waals surface area contributed by atoms with E-state index in [1.807, 2.05) is 18.1 Å². The molecule has 1 aromatic heterocycles. The molecule has 0 aliphatic rings. The van der Waals surface area contributed by atoms with E-state index in [0.29, 0.717) is 13.1 Å². The molecule has 0 fully saturated rings. The SMILES string of the molecule is CCc1cnc(CNC(=NC)N(C)Cc2ccc(OC(F)F)cc2)s1.I. The number of guanidine groups is 1. The number of aryl methyl sites for hydroxylation is 1. The van der Waals surface area contributed by atoms with Gasteiger partial charge in [0.05, 0.1) is 6.54 Å². The normalized spacial score (nSPS) is 11.2. The van der Waals surface area contributed by atoms with E-state index in [1.54, 1.807) is 30.5 Å². The Morgan fingerprint density at radius 2 is 2.04 bits per heavy atom. The summed E-state index contributed by atoms with van der Waals surface area (Å²) in [5.41, 5.74) is 0.967. The summed E-state index contributed by atoms with van der Waals surface area (Å²) in [6.45, 7) is 0.501. The van der Waals surface area contributed by atoms with Gasteiger partial charge in [-0.15, -0.1) is 35.3 Å². The summed E-state index contributed by atoms with van der Waals surface area (Å²) in [7, 11) is 3.63. The summed E-state index contributed by atoms with van der Waals surface area (Å²) in [5.74, 6) is 0.889. The molecule has 5 nitrogen and oxygen atoms in total. The average molecular weight is 496 g/mol. The summed E-state index contributed by atoms with van der Waals surface area (Å²) < 4.78 is 28.7. The molecule has 9 heteroatoms. The Kier molecular flexibility index (Phi) is 9.78. The smallest absolute Gasteiger partial charge is 0.387 e. The first-order valence-corrected chi connectivity index (χ1v) is 8.72. The largest absolute Gasteiger partial charge is 0.435 e. The van der Waals surface area contributed by atoms with Gasteiger partial charge < -0.3 is 15.0 Å². The molecule has 0 spiro atoms. The number of ether oxygens (including phenoxy) is 1. The molecule has 144 valence electrons. The number of hydrogen-bond donors (Lipinski definition) is 1. The van der Waals surface area contributed by atoms with Crippen LogP contribution < -0.4 is 10.1 Å². The van der Waals surface area contributed by atoms with Gasteiger partial charge in [0.1, 0.15) is 10.8 Å². The molecule has 0 atom stereocenters. The van der Waals surface area contributed by atoms with E-state index in [0.717, 1.165) is 23.0 Å². The van der Waals surface area contributed by atoms with Gasteiger partial charge in [-0.25, -0.2) is 4.98 Å². The Labute approximate surface area is 173 Å². The summed E-state index contributed by atoms with van der Waals surface area (Å²) in [5, 5.41) is 4.29. The van der Waals surface area contributed by atoms with Crippen LogP contribution >= 0.6 is 35.3 Å². The Morgan fingerprint density at radius 1 is 1.35 bits per heavy atom. The van der Waals surface area contributed by atoms with E-state index in [-0.39, 0.29) is 29.7 Å². The van der Waals surface area contributed by atoms with Gasteiger partial charge in [0, 0.05) is 31.7 Å². The van der Waals surface area contributed by atoms with Crippen LogP contribution in [0.3, 0.4) is 0 Å². The van der Waals surface area contributed by atoms with E-state index in [9.17, 15) is 8.78 Å². The Morgan fingerprint density at radius 3 is 2.58 bits per heavy atom. The van der Waals surface area contributed by atoms with Crippen LogP contribution in [0.25, 0.3) is 0 Å². The van der Waals surface area contributed by atoms with Crippen LogP contribution in [0, 0.1) is 0 Å². The molecule has 0 saturated heterocycles. The molecular weight excluding hydrogens is 473 g/mol. The van der Waals surface area contributed by atoms with E-state index < -0.39 is 6.61 Å². The third-order valence-electron chi connectivity index (χ3n) is 3.49. The summed E-state index contributed by atoms with van der Waals surface area (Å²) in [6.07, 6.45) is 2.88. The third-order valence-corrected chi connectivity index (χ3v) is 4.63. The zero-order valence-electron chi connectivity index (χ0n) is 14.9. The lowest BCUT2D eigenvalue weighted by Gasteiger charge is -2.22. The minimum absolute atomic E-state index is 0. The molecule has 26 heavy (non-hydrogen) atoms. The van der Waals surface area contributed by atoms with Crippen molar-refractivity contribution in [3.05, 3.63) is 45.9 Å². The second-order valence-electron chi connectivity index (χ2n) is 5.35. The highest BCUT2D eigenvalue weighted by Gasteiger charge is 2.09. The lowest BCUT2D eigenvalue weighted by molar-refractivity contribution is -0.0498. The summed E-state index contributed by atoms with van der Waals surface area (Å²) in [4.78, 5) is 11.9. The average Bonchev–Trinajstić information content (AvgIpc) is 3.05. The van der Waals surface area contributed by atoms with Gasteiger partial charge in [-0.05, 0) is 24.1 Å². The third kappa shape index (κ3) is 7.02. The first-order valence-electron chi connectivity index (χ1n) is 7.91. The highest BCUT2D eigenvalue weighted by Crippen LogP contribution is 2.16. The second kappa shape index (κ2) is 11.3. The molecule has 0 radical (unpaired) electrons. The van der Waals surface area contributed by atoms with E-state index in [1.165, 1.54) is 17.0 Å². The Bertz CT molecular complexity index is 694. The zero-order valence-corrected chi connectivity index (χ0v) is 18.1. The van der Waals surface area contributed by atoms with Crippen LogP contribution in [-0.4, -0.2) is 36.6 Å². The lowest BCUT2D eigenvalue weighted by Crippen LogP contribution is -2.38. The number of aliphatic imine (C=N–C) groups is 1. The van der Waals surface area contributed by atoms with Crippen molar-refractivity contribution in [2.24, 2.45) is 4.99 Å². The van der Waals surface area contributed by atoms with E-state index in [2.05, 4.69) is 27.0 Å². The number of nitrogens with one attached hydrogen (secondary N) is 1. The van der Waals surface area contributed by atoms with Crippen molar-refractivity contribution < 1.29 is 13.5 Å². The summed E-state index contributed by atoms with van der Waals surface area (Å²) in [6, 6.07) is 6.59. The minimum Gasteiger partial charge on any atom is -0.435 e. The molecule has 1 N–H and O–H groups in total. The van der Waals surface area contributed by atoms with Gasteiger partial charge in [-0.1, -0.05) is 19.1 Å². The fourth-order valence-corrected chi connectivity index (χ4v) is 3.06. The molecule has 0 aliphatic heterocycles. The summed E-state index contributed by atoms with van der Waals surface area (Å²) >= 11 is 1.69. The molecule has 0 amide bonds. The van der Waals surface area contributed by atoms with Gasteiger partial charge >= 0.3 is 6.61 Å². The van der Waals surface area contributed by atoms with Gasteiger partial charge in [0.2, 0.25) is 0 Å². The van der Waals surface area contributed by atoms with Gasteiger partial charge in [-0.2, -0.15) is 8.78 Å². The number of nitrogens with zero attached hydrogens (tertiary/aromatic N) is 3. The Balaban J connectivity index is 0.00000338. The molecule has 0 aliphatic carbocycles. The highest BCUT2D eigenvalue weighted by molar-refractivity contribution is 14.0. The number of rotatable bonds is 7. The number of benzene rings is 1. The maximum Gasteiger partial charge on any atom is 0.387 e. The van der Waals surface area contributed by atoms with Crippen LogP contribution in [0.5, 0.6) is 5.75 Å². The molecule has 1 heterocycles. The van der Waals surface area contributed by atoms with Gasteiger partial charge in [0.15, 0.2) is 5.96 Å². The maximum absolute atomic E-state index is 12.2. The van der Waals surface area contributed by atoms with Crippen molar-refractivity contribution in [2.45, 2.75) is 33.0 Å². The number of alkyl halides is 2. The number of thiazole rings is 1. The highest BCUT2D eigenvalue weighted by atomic mass is 127. The lowest BCUT2D eigenvalue weighted by atomic mass is 10.2. The van der Waals surface area contributed by atoms with E-state index in [4.69, 9.17) is 0 Å². The monoisotopic (exact) mass is 496 g/mol. The number of hydrogen-bond acceptors (Lipinski definition) is 4. The molecule has 0 bridgehead atoms. The van der Waals surface area contributed by atoms with Crippen molar-refractivity contribution in [1.29, 1.82) is 0 Å². The van der Waals surface area contributed by atoms with Crippen molar-refractivity contribution >= 4 is 41.3 Å². The fourth-order valence-electron chi connectivity index (χ4n) is 2.26. The number of aromatic nitrogens is 1. The molecule has 2 rings (SSSR count). The maximum atomic E-state index is 12.2. The molecule has 2 aromatic rings. The van der Waals surface area contributed by atoms with Crippen molar-refractivity contribution in [1.82, 2.24) is 15.2 Å². The molecule has 0 saturated carbocycles. The first kappa shape index (κ1) is 22.6. The first-order chi connectivity index (χ1) is 12.0. The van der Waals surface area contributed by atoms with Crippen LogP contribution in [0.1, 0.15) is 22.4 Å². The topological polar surface area (TPSA) is 49.8 Å². The van der Waals surface area contributed by atoms with Crippen LogP contribution in [0.2, 0.25) is 0 Å². The quantitative estimate of drug-likeness (QED) is 0.356. The predicted molar refractivity (Wildman–Crippen MR) is 112 cm³/mol. The van der Waals surface area contributed by atoms with Crippen LogP contribution in [0.15, 0.2) is 35.5 Å². The predicted octanol–water partition coefficient (Wildman–Crippen LogP) is 4.13. The number of halogens is 3. The van der Waals surface area contributed by atoms with Gasteiger partial charge in [0.25, 0.3) is 0 Å². The molecular formula is C17H23F2IN4OS. The molecule has 1 aromatic carbocycles. The van der Waals surface area contributed by atoms with E-state index >= 15 is 0 Å². The van der Waals surface area contributed by atoms with Crippen LogP contribution in [0.4, 0.5) is 8.78 Å². The zero-order chi connectivity index (χ0) is 18.2. The molecule has 0 unspecified atom stereocenters. The Hall–Kier alpha value is -1.49. The van der Waals surface area contributed by atoms with Gasteiger partial charge in [-0.3, -0.25) is 4.99 Å². The van der Waals surface area contributed by atoms with Crippen molar-refractivity contribution in [3.63, 3.8) is 0 Å². The second-order valence-corrected chi connectivity index (χ2v) is 6.55. The van der Waals surface area contributed by atoms with Crippen molar-refractivity contribution in [3.8, 4) is 5.75 Å². The van der Waals surface area contributed by atoms with Crippen LogP contribution in [-0.2, 0) is 19.5 Å².